The Morgan fingerprint density at radius 2 is 1.30 bits per heavy atom. The van der Waals surface area contributed by atoms with Gasteiger partial charge in [-0.2, -0.15) is 36.4 Å². The van der Waals surface area contributed by atoms with Crippen molar-refractivity contribution in [2.24, 2.45) is 0 Å². The molecule has 1 aromatic carbocycles. The van der Waals surface area contributed by atoms with Crippen LogP contribution in [0.3, 0.4) is 0 Å². The number of benzene rings is 1. The topological polar surface area (TPSA) is 0 Å². The van der Waals surface area contributed by atoms with Crippen LogP contribution in [0.25, 0.3) is 0 Å². The summed E-state index contributed by atoms with van der Waals surface area (Å²) in [6.45, 7) is 4.00. The molecule has 0 aromatic heterocycles. The van der Waals surface area contributed by atoms with E-state index in [1.165, 1.54) is 0 Å². The molecule has 0 saturated carbocycles. The minimum absolute atomic E-state index is 0. The standard InChI is InChI=1S/C6H5.C2H6.CH3.W/c1-2-4-6-5-3-1;1-2;;/h1-5H;1-2H3;1H3;/q-1;;-1;+2. The van der Waals surface area contributed by atoms with Crippen molar-refractivity contribution in [1.29, 1.82) is 0 Å². The molecule has 0 spiro atoms. The molecule has 0 fully saturated rings. The van der Waals surface area contributed by atoms with Crippen molar-refractivity contribution in [2.75, 3.05) is 0 Å². The molecule has 0 aliphatic carbocycles. The van der Waals surface area contributed by atoms with Crippen molar-refractivity contribution < 1.29 is 21.1 Å². The van der Waals surface area contributed by atoms with Crippen molar-refractivity contribution in [3.05, 3.63) is 43.8 Å². The summed E-state index contributed by atoms with van der Waals surface area (Å²) in [6.07, 6.45) is 0. The molecule has 0 amide bonds. The van der Waals surface area contributed by atoms with Gasteiger partial charge in [-0.3, -0.25) is 0 Å². The van der Waals surface area contributed by atoms with Crippen LogP contribution in [-0.2, 0) is 21.1 Å². The monoisotopic (exact) mass is 306 g/mol. The van der Waals surface area contributed by atoms with Crippen molar-refractivity contribution in [3.63, 3.8) is 0 Å². The molecule has 1 aromatic rings. The van der Waals surface area contributed by atoms with E-state index in [9.17, 15) is 0 Å². The van der Waals surface area contributed by atoms with Gasteiger partial charge in [0.25, 0.3) is 0 Å². The summed E-state index contributed by atoms with van der Waals surface area (Å²) in [5.41, 5.74) is 0. The summed E-state index contributed by atoms with van der Waals surface area (Å²) in [5.74, 6) is 0. The van der Waals surface area contributed by atoms with Gasteiger partial charge in [-0.15, -0.1) is 0 Å². The van der Waals surface area contributed by atoms with Crippen LogP contribution in [0.5, 0.6) is 0 Å². The predicted octanol–water partition coefficient (Wildman–Crippen LogP) is 2.96. The summed E-state index contributed by atoms with van der Waals surface area (Å²) in [7, 11) is 0. The molecule has 0 unspecified atom stereocenters. The van der Waals surface area contributed by atoms with Crippen molar-refractivity contribution >= 4 is 0 Å². The SMILES string of the molecule is CC.[CH3-].[W+2].[c-]1ccccc1. The van der Waals surface area contributed by atoms with Crippen LogP contribution >= 0.6 is 0 Å². The number of hydrogen-bond acceptors (Lipinski definition) is 0. The van der Waals surface area contributed by atoms with Crippen LogP contribution in [0.15, 0.2) is 30.3 Å². The first-order valence-corrected chi connectivity index (χ1v) is 2.91. The zero-order valence-electron chi connectivity index (χ0n) is 6.79. The fourth-order valence-corrected chi connectivity index (χ4v) is 0.342. The Hall–Kier alpha value is -0.0917. The Bertz CT molecular complexity index is 76.7. The van der Waals surface area contributed by atoms with Gasteiger partial charge in [-0.1, -0.05) is 13.8 Å². The quantitative estimate of drug-likeness (QED) is 0.647. The van der Waals surface area contributed by atoms with Crippen LogP contribution in [0.2, 0.25) is 0 Å². The van der Waals surface area contributed by atoms with Gasteiger partial charge in [-0.25, -0.2) is 0 Å². The smallest absolute Gasteiger partial charge is 0.358 e. The van der Waals surface area contributed by atoms with Crippen LogP contribution in [0.4, 0.5) is 0 Å². The second-order valence-electron chi connectivity index (χ2n) is 1.08. The molecule has 0 nitrogen and oxygen atoms in total. The first-order chi connectivity index (χ1) is 4.00. The molecule has 56 valence electrons. The molecule has 0 aliphatic heterocycles. The van der Waals surface area contributed by atoms with E-state index in [0.717, 1.165) is 0 Å². The van der Waals surface area contributed by atoms with Crippen LogP contribution in [0.1, 0.15) is 13.8 Å². The molecule has 10 heavy (non-hydrogen) atoms. The van der Waals surface area contributed by atoms with E-state index in [4.69, 9.17) is 0 Å². The summed E-state index contributed by atoms with van der Waals surface area (Å²) >= 11 is 0. The van der Waals surface area contributed by atoms with E-state index in [0.29, 0.717) is 0 Å². The summed E-state index contributed by atoms with van der Waals surface area (Å²) < 4.78 is 0. The van der Waals surface area contributed by atoms with Gasteiger partial charge < -0.3 is 7.43 Å². The third kappa shape index (κ3) is 10.8. The maximum atomic E-state index is 2.89. The molecule has 1 heteroatoms. The molecular formula is C9H14W. The predicted molar refractivity (Wildman–Crippen MR) is 43.0 cm³/mol. The van der Waals surface area contributed by atoms with Gasteiger partial charge in [0.15, 0.2) is 0 Å². The molecule has 0 aliphatic rings. The van der Waals surface area contributed by atoms with E-state index < -0.39 is 0 Å². The fraction of sp³-hybridized carbons (Fsp3) is 0.222. The minimum atomic E-state index is 0. The molecule has 0 N–H and O–H groups in total. The van der Waals surface area contributed by atoms with Crippen molar-refractivity contribution in [2.45, 2.75) is 13.8 Å². The summed E-state index contributed by atoms with van der Waals surface area (Å²) in [6, 6.07) is 12.5. The summed E-state index contributed by atoms with van der Waals surface area (Å²) in [5, 5.41) is 0. The first kappa shape index (κ1) is 16.5. The van der Waals surface area contributed by atoms with Crippen LogP contribution in [-0.4, -0.2) is 0 Å². The number of rotatable bonds is 0. The van der Waals surface area contributed by atoms with Gasteiger partial charge in [0.1, 0.15) is 0 Å². The first-order valence-electron chi connectivity index (χ1n) is 2.91. The third-order valence-electron chi connectivity index (χ3n) is 0.607. The second-order valence-corrected chi connectivity index (χ2v) is 1.08. The largest absolute Gasteiger partial charge is 2.00 e. The van der Waals surface area contributed by atoms with Crippen molar-refractivity contribution in [1.82, 2.24) is 0 Å². The van der Waals surface area contributed by atoms with Gasteiger partial charge in [-0.05, 0) is 0 Å². The molecule has 0 heterocycles. The number of hydrogen-bond donors (Lipinski definition) is 0. The van der Waals surface area contributed by atoms with Crippen LogP contribution in [0, 0.1) is 13.5 Å². The fourth-order valence-electron chi connectivity index (χ4n) is 0.342. The van der Waals surface area contributed by atoms with E-state index in [1.807, 2.05) is 44.2 Å². The maximum absolute atomic E-state index is 2.89. The normalized spacial score (nSPS) is 5.40. The molecule has 0 radical (unpaired) electrons. The van der Waals surface area contributed by atoms with Gasteiger partial charge >= 0.3 is 21.1 Å². The average Bonchev–Trinajstić information content (AvgIpc) is 1.96. The Labute approximate surface area is 78.9 Å². The minimum Gasteiger partial charge on any atom is -0.358 e. The maximum Gasteiger partial charge on any atom is 2.00 e. The molecule has 0 bridgehead atoms. The van der Waals surface area contributed by atoms with E-state index in [1.54, 1.807) is 0 Å². The zero-order valence-corrected chi connectivity index (χ0v) is 9.73. The Kier molecular flexibility index (Phi) is 26.3. The third-order valence-corrected chi connectivity index (χ3v) is 0.607. The molecule has 0 atom stereocenters. The Balaban J connectivity index is -0.000000114. The molecular weight excluding hydrogens is 292 g/mol. The summed E-state index contributed by atoms with van der Waals surface area (Å²) in [4.78, 5) is 0. The van der Waals surface area contributed by atoms with E-state index in [2.05, 4.69) is 6.07 Å². The van der Waals surface area contributed by atoms with Gasteiger partial charge in [0.2, 0.25) is 0 Å². The van der Waals surface area contributed by atoms with Gasteiger partial charge in [0, 0.05) is 0 Å². The van der Waals surface area contributed by atoms with Gasteiger partial charge in [0.05, 0.1) is 0 Å². The van der Waals surface area contributed by atoms with Crippen LogP contribution < -0.4 is 0 Å². The molecule has 0 saturated heterocycles. The molecule has 1 rings (SSSR count). The average molecular weight is 306 g/mol. The van der Waals surface area contributed by atoms with E-state index >= 15 is 0 Å². The van der Waals surface area contributed by atoms with E-state index in [-0.39, 0.29) is 28.5 Å². The second kappa shape index (κ2) is 16.0. The zero-order chi connectivity index (χ0) is 6.24. The Morgan fingerprint density at radius 3 is 1.40 bits per heavy atom. The Morgan fingerprint density at radius 1 is 0.900 bits per heavy atom. The van der Waals surface area contributed by atoms with Crippen molar-refractivity contribution in [3.8, 4) is 0 Å².